The van der Waals surface area contributed by atoms with Gasteiger partial charge in [-0.2, -0.15) is 5.10 Å². The largest absolute Gasteiger partial charge is 0.481 e. The van der Waals surface area contributed by atoms with Crippen LogP contribution in [-0.4, -0.2) is 44.8 Å². The van der Waals surface area contributed by atoms with E-state index in [0.29, 0.717) is 26.1 Å². The number of carboxylic acid groups (broad SMARTS) is 1. The third-order valence-electron chi connectivity index (χ3n) is 4.84. The smallest absolute Gasteiger partial charge is 0.303 e. The minimum absolute atomic E-state index is 0.00198. The second kappa shape index (κ2) is 8.35. The topological polar surface area (TPSA) is 87.5 Å². The monoisotopic (exact) mass is 370 g/mol. The number of aromatic nitrogens is 2. The molecule has 0 radical (unpaired) electrons. The molecule has 144 valence electrons. The molecule has 0 fully saturated rings. The van der Waals surface area contributed by atoms with Gasteiger partial charge in [-0.3, -0.25) is 19.2 Å². The van der Waals surface area contributed by atoms with Gasteiger partial charge in [-0.05, 0) is 25.5 Å². The zero-order valence-corrected chi connectivity index (χ0v) is 15.8. The van der Waals surface area contributed by atoms with Crippen LogP contribution < -0.4 is 5.32 Å². The van der Waals surface area contributed by atoms with Crippen molar-refractivity contribution in [3.8, 4) is 0 Å². The summed E-state index contributed by atoms with van der Waals surface area (Å²) in [6, 6.07) is 10.1. The molecule has 2 heterocycles. The van der Waals surface area contributed by atoms with Crippen LogP contribution in [0.15, 0.2) is 30.3 Å². The van der Waals surface area contributed by atoms with Crippen LogP contribution >= 0.6 is 0 Å². The van der Waals surface area contributed by atoms with E-state index < -0.39 is 5.97 Å². The van der Waals surface area contributed by atoms with Crippen LogP contribution in [0.25, 0.3) is 0 Å². The van der Waals surface area contributed by atoms with E-state index >= 15 is 0 Å². The van der Waals surface area contributed by atoms with Crippen LogP contribution in [0.5, 0.6) is 0 Å². The van der Waals surface area contributed by atoms with E-state index in [0.717, 1.165) is 23.5 Å². The van der Waals surface area contributed by atoms with Crippen LogP contribution in [0.2, 0.25) is 0 Å². The number of fused-ring (bicyclic) bond motifs is 1. The molecule has 1 aliphatic heterocycles. The maximum atomic E-state index is 12.4. The molecule has 1 amide bonds. The van der Waals surface area contributed by atoms with Crippen molar-refractivity contribution < 1.29 is 14.7 Å². The second-order valence-electron chi connectivity index (χ2n) is 7.15. The lowest BCUT2D eigenvalue weighted by Gasteiger charge is -2.27. The molecule has 1 aliphatic rings. The van der Waals surface area contributed by atoms with Gasteiger partial charge in [-0.25, -0.2) is 0 Å². The summed E-state index contributed by atoms with van der Waals surface area (Å²) < 4.78 is 1.92. The Kier molecular flexibility index (Phi) is 5.91. The molecule has 1 atom stereocenters. The molecule has 1 aromatic heterocycles. The molecule has 0 saturated heterocycles. The molecule has 0 unspecified atom stereocenters. The fourth-order valence-corrected chi connectivity index (χ4v) is 3.30. The Balaban J connectivity index is 1.52. The highest BCUT2D eigenvalue weighted by atomic mass is 16.4. The van der Waals surface area contributed by atoms with Gasteiger partial charge < -0.3 is 10.4 Å². The first-order chi connectivity index (χ1) is 12.9. The Morgan fingerprint density at radius 1 is 1.26 bits per heavy atom. The van der Waals surface area contributed by atoms with E-state index in [1.54, 1.807) is 0 Å². The molecule has 1 aromatic carbocycles. The fourth-order valence-electron chi connectivity index (χ4n) is 3.30. The van der Waals surface area contributed by atoms with Gasteiger partial charge in [0, 0.05) is 19.5 Å². The lowest BCUT2D eigenvalue weighted by atomic mass is 10.1. The van der Waals surface area contributed by atoms with E-state index in [1.807, 2.05) is 48.9 Å². The number of benzene rings is 1. The van der Waals surface area contributed by atoms with Crippen molar-refractivity contribution in [3.63, 3.8) is 0 Å². The summed E-state index contributed by atoms with van der Waals surface area (Å²) >= 11 is 0. The summed E-state index contributed by atoms with van der Waals surface area (Å²) in [6.07, 6.45) is 0.517. The highest BCUT2D eigenvalue weighted by Gasteiger charge is 2.21. The molecule has 2 N–H and O–H groups in total. The van der Waals surface area contributed by atoms with Crippen LogP contribution in [0, 0.1) is 6.92 Å². The van der Waals surface area contributed by atoms with Gasteiger partial charge in [0.2, 0.25) is 5.91 Å². The van der Waals surface area contributed by atoms with Crippen LogP contribution in [0.1, 0.15) is 41.9 Å². The molecule has 0 spiro atoms. The maximum absolute atomic E-state index is 12.4. The molecule has 3 rings (SSSR count). The van der Waals surface area contributed by atoms with Gasteiger partial charge in [0.1, 0.15) is 0 Å². The van der Waals surface area contributed by atoms with E-state index in [-0.39, 0.29) is 18.4 Å². The van der Waals surface area contributed by atoms with E-state index in [1.165, 1.54) is 5.56 Å². The highest BCUT2D eigenvalue weighted by Crippen LogP contribution is 2.16. The lowest BCUT2D eigenvalue weighted by Crippen LogP contribution is -2.42. The zero-order chi connectivity index (χ0) is 19.4. The molecule has 0 saturated carbocycles. The summed E-state index contributed by atoms with van der Waals surface area (Å²) in [6.45, 7) is 6.48. The normalized spacial score (nSPS) is 15.2. The SMILES string of the molecule is Cc1ccc([C@@H](C)NC(=O)CN2CCn3nc(CCC(=O)O)cc3C2)cc1. The fraction of sp³-hybridized carbons (Fsp3) is 0.450. The third-order valence-corrected chi connectivity index (χ3v) is 4.84. The Labute approximate surface area is 159 Å². The predicted octanol–water partition coefficient (Wildman–Crippen LogP) is 1.90. The predicted molar refractivity (Wildman–Crippen MR) is 101 cm³/mol. The van der Waals surface area contributed by atoms with Crippen molar-refractivity contribution in [3.05, 3.63) is 52.8 Å². The Hall–Kier alpha value is -2.67. The van der Waals surface area contributed by atoms with Gasteiger partial charge in [-0.1, -0.05) is 29.8 Å². The standard InChI is InChI=1S/C20H26N4O3/c1-14-3-5-16(6-4-14)15(2)21-19(25)13-23-9-10-24-18(12-23)11-17(22-24)7-8-20(26)27/h3-6,11,15H,7-10,12-13H2,1-2H3,(H,21,25)(H,26,27)/t15-/m1/s1. The maximum Gasteiger partial charge on any atom is 0.303 e. The first kappa shape index (κ1) is 19.1. The van der Waals surface area contributed by atoms with E-state index in [4.69, 9.17) is 5.11 Å². The quantitative estimate of drug-likeness (QED) is 0.777. The number of nitrogens with one attached hydrogen (secondary N) is 1. The number of hydrogen-bond donors (Lipinski definition) is 2. The molecule has 27 heavy (non-hydrogen) atoms. The van der Waals surface area contributed by atoms with Crippen molar-refractivity contribution in [1.29, 1.82) is 0 Å². The summed E-state index contributed by atoms with van der Waals surface area (Å²) in [5, 5.41) is 16.3. The zero-order valence-electron chi connectivity index (χ0n) is 15.8. The van der Waals surface area contributed by atoms with E-state index in [9.17, 15) is 9.59 Å². The average Bonchev–Trinajstić information content (AvgIpc) is 3.02. The Morgan fingerprint density at radius 3 is 2.70 bits per heavy atom. The number of aliphatic carboxylic acids is 1. The number of hydrogen-bond acceptors (Lipinski definition) is 4. The molecule has 0 aliphatic carbocycles. The van der Waals surface area contributed by atoms with Crippen LogP contribution in [0.4, 0.5) is 0 Å². The molecular weight excluding hydrogens is 344 g/mol. The van der Waals surface area contributed by atoms with Crippen molar-refractivity contribution in [2.24, 2.45) is 0 Å². The number of rotatable bonds is 7. The van der Waals surface area contributed by atoms with Gasteiger partial charge >= 0.3 is 5.97 Å². The summed E-state index contributed by atoms with van der Waals surface area (Å²) in [4.78, 5) is 25.2. The van der Waals surface area contributed by atoms with Gasteiger partial charge in [0.15, 0.2) is 0 Å². The van der Waals surface area contributed by atoms with Crippen molar-refractivity contribution in [2.75, 3.05) is 13.1 Å². The number of amides is 1. The Morgan fingerprint density at radius 2 is 2.00 bits per heavy atom. The molecule has 7 nitrogen and oxygen atoms in total. The van der Waals surface area contributed by atoms with Gasteiger partial charge in [0.05, 0.1) is 36.9 Å². The molecule has 7 heteroatoms. The first-order valence-corrected chi connectivity index (χ1v) is 9.26. The summed E-state index contributed by atoms with van der Waals surface area (Å²) in [5.74, 6) is -0.816. The molecule has 2 aromatic rings. The highest BCUT2D eigenvalue weighted by molar-refractivity contribution is 5.78. The van der Waals surface area contributed by atoms with E-state index in [2.05, 4.69) is 15.3 Å². The van der Waals surface area contributed by atoms with Crippen molar-refractivity contribution in [1.82, 2.24) is 20.0 Å². The summed E-state index contributed by atoms with van der Waals surface area (Å²) in [5.41, 5.74) is 4.12. The minimum atomic E-state index is -0.818. The second-order valence-corrected chi connectivity index (χ2v) is 7.15. The number of carbonyl (C=O) groups excluding carboxylic acids is 1. The van der Waals surface area contributed by atoms with Crippen LogP contribution in [0.3, 0.4) is 0 Å². The van der Waals surface area contributed by atoms with Crippen molar-refractivity contribution in [2.45, 2.75) is 45.8 Å². The first-order valence-electron chi connectivity index (χ1n) is 9.26. The molecule has 0 bridgehead atoms. The number of carbonyl (C=O) groups is 2. The summed E-state index contributed by atoms with van der Waals surface area (Å²) in [7, 11) is 0. The minimum Gasteiger partial charge on any atom is -0.481 e. The molecular formula is C20H26N4O3. The van der Waals surface area contributed by atoms with Gasteiger partial charge in [0.25, 0.3) is 0 Å². The third kappa shape index (κ3) is 5.17. The number of aryl methyl sites for hydroxylation is 2. The van der Waals surface area contributed by atoms with Gasteiger partial charge in [-0.15, -0.1) is 0 Å². The van der Waals surface area contributed by atoms with Crippen LogP contribution in [-0.2, 0) is 29.1 Å². The number of nitrogens with zero attached hydrogens (tertiary/aromatic N) is 3. The van der Waals surface area contributed by atoms with Crippen molar-refractivity contribution >= 4 is 11.9 Å². The lowest BCUT2D eigenvalue weighted by molar-refractivity contribution is -0.137. The Bertz CT molecular complexity index is 813. The number of carboxylic acids is 1. The average molecular weight is 370 g/mol.